The van der Waals surface area contributed by atoms with Gasteiger partial charge < -0.3 is 15.0 Å². The van der Waals surface area contributed by atoms with E-state index < -0.39 is 6.04 Å². The van der Waals surface area contributed by atoms with Crippen LogP contribution in [0.15, 0.2) is 4.99 Å². The molecule has 7 nitrogen and oxygen atoms in total. The molecule has 7 heteroatoms. The first kappa shape index (κ1) is 17.2. The predicted molar refractivity (Wildman–Crippen MR) is 90.9 cm³/mol. The van der Waals surface area contributed by atoms with Gasteiger partial charge in [0, 0.05) is 26.1 Å². The van der Waals surface area contributed by atoms with E-state index in [2.05, 4.69) is 22.1 Å². The Morgan fingerprint density at radius 3 is 2.79 bits per heavy atom. The molecule has 3 rings (SSSR count). The highest BCUT2D eigenvalue weighted by Crippen LogP contribution is 2.21. The Morgan fingerprint density at radius 1 is 1.29 bits per heavy atom. The van der Waals surface area contributed by atoms with Gasteiger partial charge in [0.25, 0.3) is 5.91 Å². The summed E-state index contributed by atoms with van der Waals surface area (Å²) in [7, 11) is 0. The third-order valence-electron chi connectivity index (χ3n) is 5.33. The van der Waals surface area contributed by atoms with E-state index >= 15 is 0 Å². The van der Waals surface area contributed by atoms with Crippen LogP contribution in [-0.2, 0) is 14.3 Å². The molecule has 2 amide bonds. The number of likely N-dealkylation sites (N-methyl/N-ethyl adjacent to an activating group) is 1. The van der Waals surface area contributed by atoms with Gasteiger partial charge in [-0.15, -0.1) is 0 Å². The highest BCUT2D eigenvalue weighted by Gasteiger charge is 2.38. The molecule has 0 saturated carbocycles. The molecule has 0 aliphatic carbocycles. The standard InChI is InChI=1S/C17H28N4O3/c1-3-20-8-4-6-13(20)10-18-16(22)15-7-5-9-21(15)17(23)14-11-24-12(2)19-14/h13-15H,3-11H2,1-2H3,(H,18,22)/t13?,14?,15-/m0/s1. The molecule has 2 fully saturated rings. The number of hydrogen-bond acceptors (Lipinski definition) is 5. The number of hydrogen-bond donors (Lipinski definition) is 1. The quantitative estimate of drug-likeness (QED) is 0.788. The molecule has 0 radical (unpaired) electrons. The van der Waals surface area contributed by atoms with Crippen molar-refractivity contribution in [2.75, 3.05) is 32.8 Å². The first-order chi connectivity index (χ1) is 11.6. The second kappa shape index (κ2) is 7.51. The minimum Gasteiger partial charge on any atom is -0.478 e. The van der Waals surface area contributed by atoms with E-state index in [1.54, 1.807) is 11.8 Å². The summed E-state index contributed by atoms with van der Waals surface area (Å²) >= 11 is 0. The molecule has 3 aliphatic rings. The molecule has 3 atom stereocenters. The zero-order valence-corrected chi connectivity index (χ0v) is 14.7. The van der Waals surface area contributed by atoms with Gasteiger partial charge in [0.1, 0.15) is 12.6 Å². The van der Waals surface area contributed by atoms with Crippen LogP contribution in [0.2, 0.25) is 0 Å². The van der Waals surface area contributed by atoms with Crippen LogP contribution in [0.1, 0.15) is 39.5 Å². The maximum Gasteiger partial charge on any atom is 0.251 e. The number of amides is 2. The summed E-state index contributed by atoms with van der Waals surface area (Å²) in [5, 5.41) is 3.07. The molecule has 0 bridgehead atoms. The number of carbonyl (C=O) groups excluding carboxylic acids is 2. The van der Waals surface area contributed by atoms with Crippen molar-refractivity contribution in [1.29, 1.82) is 0 Å². The van der Waals surface area contributed by atoms with Crippen molar-refractivity contribution >= 4 is 17.7 Å². The number of nitrogens with zero attached hydrogens (tertiary/aromatic N) is 3. The van der Waals surface area contributed by atoms with Crippen molar-refractivity contribution in [2.24, 2.45) is 4.99 Å². The van der Waals surface area contributed by atoms with Gasteiger partial charge in [-0.1, -0.05) is 6.92 Å². The molecular weight excluding hydrogens is 308 g/mol. The largest absolute Gasteiger partial charge is 0.478 e. The summed E-state index contributed by atoms with van der Waals surface area (Å²) in [4.78, 5) is 33.5. The van der Waals surface area contributed by atoms with Crippen LogP contribution >= 0.6 is 0 Å². The van der Waals surface area contributed by atoms with E-state index in [4.69, 9.17) is 4.74 Å². The summed E-state index contributed by atoms with van der Waals surface area (Å²) < 4.78 is 5.28. The number of ether oxygens (including phenoxy) is 1. The Balaban J connectivity index is 1.54. The van der Waals surface area contributed by atoms with Crippen LogP contribution in [0, 0.1) is 0 Å². The number of rotatable bonds is 5. The van der Waals surface area contributed by atoms with Crippen LogP contribution in [0.25, 0.3) is 0 Å². The molecule has 0 spiro atoms. The van der Waals surface area contributed by atoms with Crippen molar-refractivity contribution in [2.45, 2.75) is 57.7 Å². The molecule has 1 N–H and O–H groups in total. The zero-order chi connectivity index (χ0) is 17.1. The van der Waals surface area contributed by atoms with Gasteiger partial charge in [-0.25, -0.2) is 4.99 Å². The zero-order valence-electron chi connectivity index (χ0n) is 14.7. The van der Waals surface area contributed by atoms with Crippen LogP contribution in [0.3, 0.4) is 0 Å². The van der Waals surface area contributed by atoms with E-state index in [0.717, 1.165) is 32.4 Å². The highest BCUT2D eigenvalue weighted by molar-refractivity contribution is 5.92. The fourth-order valence-electron chi connectivity index (χ4n) is 3.99. The van der Waals surface area contributed by atoms with Crippen LogP contribution in [0.4, 0.5) is 0 Å². The first-order valence-electron chi connectivity index (χ1n) is 9.09. The summed E-state index contributed by atoms with van der Waals surface area (Å²) in [6, 6.07) is -0.408. The lowest BCUT2D eigenvalue weighted by Crippen LogP contribution is -2.51. The summed E-state index contributed by atoms with van der Waals surface area (Å²) in [5.41, 5.74) is 0. The maximum absolute atomic E-state index is 12.6. The van der Waals surface area contributed by atoms with Crippen molar-refractivity contribution in [1.82, 2.24) is 15.1 Å². The normalized spacial score (nSPS) is 30.3. The molecular formula is C17H28N4O3. The first-order valence-corrected chi connectivity index (χ1v) is 9.09. The number of nitrogens with one attached hydrogen (secondary N) is 1. The molecule has 3 heterocycles. The van der Waals surface area contributed by atoms with Crippen molar-refractivity contribution in [3.05, 3.63) is 0 Å². The van der Waals surface area contributed by atoms with Gasteiger partial charge in [-0.2, -0.15) is 0 Å². The summed E-state index contributed by atoms with van der Waals surface area (Å²) in [6.07, 6.45) is 3.93. The lowest BCUT2D eigenvalue weighted by Gasteiger charge is -2.27. The van der Waals surface area contributed by atoms with Gasteiger partial charge in [0.05, 0.1) is 0 Å². The topological polar surface area (TPSA) is 74.2 Å². The van der Waals surface area contributed by atoms with E-state index in [0.29, 0.717) is 31.6 Å². The smallest absolute Gasteiger partial charge is 0.251 e. The third-order valence-corrected chi connectivity index (χ3v) is 5.33. The molecule has 0 aromatic heterocycles. The monoisotopic (exact) mass is 336 g/mol. The SMILES string of the molecule is CCN1CCCC1CNC(=O)[C@@H]1CCCN1C(=O)C1COC(C)=N1. The molecule has 2 saturated heterocycles. The van der Waals surface area contributed by atoms with E-state index in [1.165, 1.54) is 6.42 Å². The van der Waals surface area contributed by atoms with Crippen molar-refractivity contribution in [3.8, 4) is 0 Å². The fraction of sp³-hybridized carbons (Fsp3) is 0.824. The lowest BCUT2D eigenvalue weighted by molar-refractivity contribution is -0.139. The van der Waals surface area contributed by atoms with Gasteiger partial charge in [0.15, 0.2) is 11.9 Å². The van der Waals surface area contributed by atoms with Crippen LogP contribution in [-0.4, -0.2) is 78.4 Å². The Morgan fingerprint density at radius 2 is 2.08 bits per heavy atom. The lowest BCUT2D eigenvalue weighted by atomic mass is 10.1. The van der Waals surface area contributed by atoms with E-state index in [1.807, 2.05) is 0 Å². The Kier molecular flexibility index (Phi) is 5.38. The van der Waals surface area contributed by atoms with Gasteiger partial charge >= 0.3 is 0 Å². The summed E-state index contributed by atoms with van der Waals surface area (Å²) in [6.45, 7) is 7.65. The fourth-order valence-corrected chi connectivity index (χ4v) is 3.99. The Bertz CT molecular complexity index is 522. The van der Waals surface area contributed by atoms with Gasteiger partial charge in [0.2, 0.25) is 5.91 Å². The van der Waals surface area contributed by atoms with Crippen molar-refractivity contribution in [3.63, 3.8) is 0 Å². The van der Waals surface area contributed by atoms with Gasteiger partial charge in [-0.3, -0.25) is 14.5 Å². The molecule has 134 valence electrons. The Hall–Kier alpha value is -1.63. The predicted octanol–water partition coefficient (Wildman–Crippen LogP) is 0.395. The molecule has 24 heavy (non-hydrogen) atoms. The Labute approximate surface area is 143 Å². The van der Waals surface area contributed by atoms with Crippen molar-refractivity contribution < 1.29 is 14.3 Å². The molecule has 2 unspecified atom stereocenters. The van der Waals surface area contributed by atoms with E-state index in [-0.39, 0.29) is 17.9 Å². The van der Waals surface area contributed by atoms with E-state index in [9.17, 15) is 9.59 Å². The number of likely N-dealkylation sites (tertiary alicyclic amines) is 2. The number of aliphatic imine (C=N–C) groups is 1. The minimum absolute atomic E-state index is 0.0246. The number of carbonyl (C=O) groups is 2. The molecule has 3 aliphatic heterocycles. The van der Waals surface area contributed by atoms with Crippen LogP contribution in [0.5, 0.6) is 0 Å². The van der Waals surface area contributed by atoms with Crippen LogP contribution < -0.4 is 5.32 Å². The second-order valence-corrected chi connectivity index (χ2v) is 6.83. The molecule has 0 aromatic carbocycles. The average Bonchev–Trinajstić information content (AvgIpc) is 3.31. The third kappa shape index (κ3) is 3.55. The molecule has 0 aromatic rings. The second-order valence-electron chi connectivity index (χ2n) is 6.83. The minimum atomic E-state index is -0.483. The average molecular weight is 336 g/mol. The highest BCUT2D eigenvalue weighted by atomic mass is 16.5. The maximum atomic E-state index is 12.6. The van der Waals surface area contributed by atoms with Gasteiger partial charge in [-0.05, 0) is 38.8 Å². The summed E-state index contributed by atoms with van der Waals surface area (Å²) in [5.74, 6) is 0.443.